The number of nitrogens with zero attached hydrogens (tertiary/aromatic N) is 1. The number of rotatable bonds is 3. The zero-order valence-corrected chi connectivity index (χ0v) is 10.8. The van der Waals surface area contributed by atoms with Gasteiger partial charge in [0, 0.05) is 6.20 Å². The van der Waals surface area contributed by atoms with E-state index in [0.29, 0.717) is 5.69 Å². The first kappa shape index (κ1) is 12.7. The van der Waals surface area contributed by atoms with Crippen molar-refractivity contribution in [3.63, 3.8) is 0 Å². The minimum atomic E-state index is -0.484. The van der Waals surface area contributed by atoms with Crippen molar-refractivity contribution in [1.29, 1.82) is 0 Å². The molecule has 0 aliphatic rings. The Kier molecular flexibility index (Phi) is 3.41. The molecule has 3 rings (SSSR count). The van der Waals surface area contributed by atoms with Crippen LogP contribution in [0.1, 0.15) is 17.3 Å². The highest BCUT2D eigenvalue weighted by Gasteiger charge is 2.19. The van der Waals surface area contributed by atoms with E-state index in [0.717, 1.165) is 16.3 Å². The number of nitrogens with one attached hydrogen (secondary N) is 1. The van der Waals surface area contributed by atoms with Gasteiger partial charge in [0.2, 0.25) is 0 Å². The standard InChI is InChI=1S/C16H14FN3/c17-14-9-4-10-19-16(14)15(20-18)13-8-3-6-11-5-1-2-7-12(11)13/h1-10,15,20H,18H2. The molecule has 0 aliphatic carbocycles. The molecule has 4 heteroatoms. The Hall–Kier alpha value is -2.30. The van der Waals surface area contributed by atoms with Crippen molar-refractivity contribution in [2.45, 2.75) is 6.04 Å². The first-order chi connectivity index (χ1) is 9.81. The van der Waals surface area contributed by atoms with Gasteiger partial charge in [0.1, 0.15) is 5.82 Å². The number of hydrogen-bond donors (Lipinski definition) is 2. The highest BCUT2D eigenvalue weighted by atomic mass is 19.1. The highest BCUT2D eigenvalue weighted by molar-refractivity contribution is 5.86. The summed E-state index contributed by atoms with van der Waals surface area (Å²) in [5, 5.41) is 2.12. The van der Waals surface area contributed by atoms with Gasteiger partial charge in [-0.3, -0.25) is 10.8 Å². The summed E-state index contributed by atoms with van der Waals surface area (Å²) < 4.78 is 14.0. The molecule has 0 fully saturated rings. The predicted molar refractivity (Wildman–Crippen MR) is 77.3 cm³/mol. The summed E-state index contributed by atoms with van der Waals surface area (Å²) in [6, 6.07) is 16.3. The van der Waals surface area contributed by atoms with Crippen LogP contribution in [0.25, 0.3) is 10.8 Å². The van der Waals surface area contributed by atoms with Crippen LogP contribution in [0.3, 0.4) is 0 Å². The quantitative estimate of drug-likeness (QED) is 0.566. The number of hydrogen-bond acceptors (Lipinski definition) is 3. The van der Waals surface area contributed by atoms with Gasteiger partial charge < -0.3 is 0 Å². The fourth-order valence-corrected chi connectivity index (χ4v) is 2.43. The van der Waals surface area contributed by atoms with Crippen LogP contribution in [-0.4, -0.2) is 4.98 Å². The maximum absolute atomic E-state index is 14.0. The molecule has 0 radical (unpaired) electrons. The third-order valence-electron chi connectivity index (χ3n) is 3.36. The van der Waals surface area contributed by atoms with Crippen LogP contribution in [0.2, 0.25) is 0 Å². The van der Waals surface area contributed by atoms with Crippen LogP contribution in [0.4, 0.5) is 4.39 Å². The van der Waals surface area contributed by atoms with Crippen LogP contribution in [0.15, 0.2) is 60.8 Å². The van der Waals surface area contributed by atoms with Crippen molar-refractivity contribution in [2.75, 3.05) is 0 Å². The molecule has 1 heterocycles. The predicted octanol–water partition coefficient (Wildman–Crippen LogP) is 2.93. The lowest BCUT2D eigenvalue weighted by Crippen LogP contribution is -2.30. The Morgan fingerprint density at radius 2 is 1.80 bits per heavy atom. The number of hydrazine groups is 1. The van der Waals surface area contributed by atoms with Crippen LogP contribution >= 0.6 is 0 Å². The fourth-order valence-electron chi connectivity index (χ4n) is 2.43. The molecule has 2 aromatic carbocycles. The number of nitrogens with two attached hydrogens (primary N) is 1. The molecule has 3 aromatic rings. The van der Waals surface area contributed by atoms with Gasteiger partial charge in [-0.2, -0.15) is 0 Å². The topological polar surface area (TPSA) is 50.9 Å². The van der Waals surface area contributed by atoms with Gasteiger partial charge in [-0.05, 0) is 28.5 Å². The SMILES string of the molecule is NNC(c1ncccc1F)c1cccc2ccccc12. The molecule has 0 bridgehead atoms. The minimum Gasteiger partial charge on any atom is -0.271 e. The van der Waals surface area contributed by atoms with Gasteiger partial charge in [-0.15, -0.1) is 0 Å². The average Bonchev–Trinajstić information content (AvgIpc) is 2.50. The number of fused-ring (bicyclic) bond motifs is 1. The molecular weight excluding hydrogens is 253 g/mol. The lowest BCUT2D eigenvalue weighted by molar-refractivity contribution is 0.545. The van der Waals surface area contributed by atoms with Crippen molar-refractivity contribution in [2.24, 2.45) is 5.84 Å². The summed E-state index contributed by atoms with van der Waals surface area (Å²) >= 11 is 0. The Morgan fingerprint density at radius 3 is 2.60 bits per heavy atom. The lowest BCUT2D eigenvalue weighted by Gasteiger charge is -2.18. The second kappa shape index (κ2) is 5.36. The first-order valence-electron chi connectivity index (χ1n) is 6.35. The van der Waals surface area contributed by atoms with Crippen molar-refractivity contribution in [3.05, 3.63) is 77.9 Å². The van der Waals surface area contributed by atoms with E-state index in [2.05, 4.69) is 10.4 Å². The van der Waals surface area contributed by atoms with Crippen LogP contribution < -0.4 is 11.3 Å². The van der Waals surface area contributed by atoms with Crippen LogP contribution in [0, 0.1) is 5.82 Å². The third-order valence-corrected chi connectivity index (χ3v) is 3.36. The van der Waals surface area contributed by atoms with E-state index in [1.165, 1.54) is 6.07 Å². The van der Waals surface area contributed by atoms with E-state index in [4.69, 9.17) is 5.84 Å². The molecule has 20 heavy (non-hydrogen) atoms. The van der Waals surface area contributed by atoms with Gasteiger partial charge in [0.25, 0.3) is 0 Å². The van der Waals surface area contributed by atoms with Crippen LogP contribution in [-0.2, 0) is 0 Å². The summed E-state index contributed by atoms with van der Waals surface area (Å²) in [6.45, 7) is 0. The second-order valence-electron chi connectivity index (χ2n) is 4.54. The van der Waals surface area contributed by atoms with Crippen molar-refractivity contribution >= 4 is 10.8 Å². The second-order valence-corrected chi connectivity index (χ2v) is 4.54. The Labute approximate surface area is 116 Å². The van der Waals surface area contributed by atoms with Crippen LogP contribution in [0.5, 0.6) is 0 Å². The molecule has 0 aliphatic heterocycles. The molecule has 100 valence electrons. The first-order valence-corrected chi connectivity index (χ1v) is 6.35. The van der Waals surface area contributed by atoms with E-state index < -0.39 is 6.04 Å². The molecule has 1 aromatic heterocycles. The Balaban J connectivity index is 2.20. The summed E-state index contributed by atoms with van der Waals surface area (Å²) in [6.07, 6.45) is 1.56. The molecule has 0 amide bonds. The highest BCUT2D eigenvalue weighted by Crippen LogP contribution is 2.28. The van der Waals surface area contributed by atoms with Gasteiger partial charge in [-0.1, -0.05) is 42.5 Å². The number of benzene rings is 2. The zero-order valence-electron chi connectivity index (χ0n) is 10.8. The van der Waals surface area contributed by atoms with Gasteiger partial charge in [-0.25, -0.2) is 9.82 Å². The van der Waals surface area contributed by atoms with Gasteiger partial charge in [0.15, 0.2) is 0 Å². The molecule has 3 nitrogen and oxygen atoms in total. The Bertz CT molecular complexity index is 737. The molecule has 0 saturated heterocycles. The molecule has 1 unspecified atom stereocenters. The van der Waals surface area contributed by atoms with Crippen molar-refractivity contribution in [1.82, 2.24) is 10.4 Å². The summed E-state index contributed by atoms with van der Waals surface area (Å²) in [7, 11) is 0. The van der Waals surface area contributed by atoms with E-state index in [1.807, 2.05) is 42.5 Å². The van der Waals surface area contributed by atoms with Crippen molar-refractivity contribution < 1.29 is 4.39 Å². The summed E-state index contributed by atoms with van der Waals surface area (Å²) in [4.78, 5) is 4.12. The normalized spacial score (nSPS) is 12.5. The lowest BCUT2D eigenvalue weighted by atomic mass is 9.96. The van der Waals surface area contributed by atoms with Crippen molar-refractivity contribution in [3.8, 4) is 0 Å². The maximum Gasteiger partial charge on any atom is 0.146 e. The number of halogens is 1. The Morgan fingerprint density at radius 1 is 1.00 bits per heavy atom. The largest absolute Gasteiger partial charge is 0.271 e. The van der Waals surface area contributed by atoms with E-state index in [1.54, 1.807) is 12.3 Å². The summed E-state index contributed by atoms with van der Waals surface area (Å²) in [5.41, 5.74) is 3.87. The molecule has 0 spiro atoms. The number of pyridine rings is 1. The van der Waals surface area contributed by atoms with Gasteiger partial charge >= 0.3 is 0 Å². The van der Waals surface area contributed by atoms with Gasteiger partial charge in [0.05, 0.1) is 11.7 Å². The molecule has 0 saturated carbocycles. The smallest absolute Gasteiger partial charge is 0.146 e. The molecule has 3 N–H and O–H groups in total. The maximum atomic E-state index is 14.0. The van der Waals surface area contributed by atoms with E-state index >= 15 is 0 Å². The monoisotopic (exact) mass is 267 g/mol. The van der Waals surface area contributed by atoms with E-state index in [-0.39, 0.29) is 5.82 Å². The van der Waals surface area contributed by atoms with E-state index in [9.17, 15) is 4.39 Å². The fraction of sp³-hybridized carbons (Fsp3) is 0.0625. The zero-order chi connectivity index (χ0) is 13.9. The number of aromatic nitrogens is 1. The molecule has 1 atom stereocenters. The average molecular weight is 267 g/mol. The third kappa shape index (κ3) is 2.15. The minimum absolute atomic E-state index is 0.298. The summed E-state index contributed by atoms with van der Waals surface area (Å²) in [5.74, 6) is 5.27. The molecular formula is C16H14FN3.